The van der Waals surface area contributed by atoms with Crippen LogP contribution >= 0.6 is 0 Å². The summed E-state index contributed by atoms with van der Waals surface area (Å²) in [6.07, 6.45) is 5.89. The number of amides is 1. The van der Waals surface area contributed by atoms with Crippen molar-refractivity contribution in [1.82, 2.24) is 10.6 Å². The fourth-order valence-electron chi connectivity index (χ4n) is 1.49. The number of hydrogen-bond acceptors (Lipinski definition) is 3. The number of carbonyl (C=O) groups is 1. The molecule has 2 N–H and O–H groups in total. The van der Waals surface area contributed by atoms with Gasteiger partial charge in [-0.1, -0.05) is 36.3 Å². The molecule has 4 heteroatoms. The number of rotatable bonds is 9. The summed E-state index contributed by atoms with van der Waals surface area (Å²) < 4.78 is 5.22. The summed E-state index contributed by atoms with van der Waals surface area (Å²) in [7, 11) is 0. The maximum absolute atomic E-state index is 11.1. The van der Waals surface area contributed by atoms with Gasteiger partial charge in [0, 0.05) is 13.2 Å². The molecule has 19 heavy (non-hydrogen) atoms. The Labute approximate surface area is 114 Å². The van der Waals surface area contributed by atoms with E-state index < -0.39 is 0 Å². The molecule has 1 rings (SSSR count). The van der Waals surface area contributed by atoms with E-state index >= 15 is 0 Å². The van der Waals surface area contributed by atoms with Gasteiger partial charge in [0.15, 0.2) is 0 Å². The van der Waals surface area contributed by atoms with Crippen LogP contribution in [0.3, 0.4) is 0 Å². The minimum Gasteiger partial charge on any atom is -0.372 e. The monoisotopic (exact) mass is 260 g/mol. The standard InChI is InChI=1S/C15H20N2O2/c1-2-9-17-15(18)13-19-11-6-10-16-12-14-7-4-3-5-8-14/h1,3-5,7-8,16H,6,9-13H2,(H,17,18). The fourth-order valence-corrected chi connectivity index (χ4v) is 1.49. The molecule has 1 amide bonds. The van der Waals surface area contributed by atoms with Gasteiger partial charge in [0.2, 0.25) is 5.91 Å². The molecule has 0 aromatic heterocycles. The van der Waals surface area contributed by atoms with Gasteiger partial charge in [-0.2, -0.15) is 0 Å². The van der Waals surface area contributed by atoms with Gasteiger partial charge in [0.1, 0.15) is 6.61 Å². The molecule has 0 aliphatic carbocycles. The van der Waals surface area contributed by atoms with E-state index in [-0.39, 0.29) is 19.1 Å². The van der Waals surface area contributed by atoms with Crippen LogP contribution in [0.5, 0.6) is 0 Å². The van der Waals surface area contributed by atoms with E-state index in [0.29, 0.717) is 6.61 Å². The summed E-state index contributed by atoms with van der Waals surface area (Å²) in [5.74, 6) is 2.16. The van der Waals surface area contributed by atoms with Crippen LogP contribution in [0.15, 0.2) is 30.3 Å². The largest absolute Gasteiger partial charge is 0.372 e. The molecule has 1 aromatic carbocycles. The number of ether oxygens (including phenoxy) is 1. The molecule has 0 unspecified atom stereocenters. The van der Waals surface area contributed by atoms with Crippen LogP contribution in [0.25, 0.3) is 0 Å². The van der Waals surface area contributed by atoms with Gasteiger partial charge < -0.3 is 15.4 Å². The van der Waals surface area contributed by atoms with E-state index in [2.05, 4.69) is 28.7 Å². The first-order chi connectivity index (χ1) is 9.33. The third kappa shape index (κ3) is 7.98. The molecule has 0 aliphatic rings. The zero-order valence-electron chi connectivity index (χ0n) is 11.0. The molecule has 0 saturated heterocycles. The quantitative estimate of drug-likeness (QED) is 0.513. The van der Waals surface area contributed by atoms with E-state index in [0.717, 1.165) is 19.5 Å². The zero-order valence-corrected chi connectivity index (χ0v) is 11.0. The summed E-state index contributed by atoms with van der Waals surface area (Å²) >= 11 is 0. The maximum atomic E-state index is 11.1. The van der Waals surface area contributed by atoms with E-state index in [1.807, 2.05) is 18.2 Å². The highest BCUT2D eigenvalue weighted by molar-refractivity contribution is 5.77. The lowest BCUT2D eigenvalue weighted by molar-refractivity contribution is -0.125. The van der Waals surface area contributed by atoms with Gasteiger partial charge in [-0.05, 0) is 18.5 Å². The molecule has 0 spiro atoms. The molecule has 0 bridgehead atoms. The minimum atomic E-state index is -0.171. The van der Waals surface area contributed by atoms with E-state index in [9.17, 15) is 4.79 Å². The molecule has 0 atom stereocenters. The Morgan fingerprint density at radius 3 is 2.84 bits per heavy atom. The lowest BCUT2D eigenvalue weighted by Gasteiger charge is -2.06. The van der Waals surface area contributed by atoms with E-state index in [4.69, 9.17) is 11.2 Å². The lowest BCUT2D eigenvalue weighted by atomic mass is 10.2. The van der Waals surface area contributed by atoms with Gasteiger partial charge in [-0.15, -0.1) is 6.42 Å². The molecule has 0 fully saturated rings. The second-order valence-corrected chi connectivity index (χ2v) is 4.05. The first-order valence-corrected chi connectivity index (χ1v) is 6.35. The highest BCUT2D eigenvalue weighted by Crippen LogP contribution is 1.96. The van der Waals surface area contributed by atoms with Crippen LogP contribution in [-0.2, 0) is 16.1 Å². The van der Waals surface area contributed by atoms with Crippen molar-refractivity contribution in [2.75, 3.05) is 26.3 Å². The van der Waals surface area contributed by atoms with E-state index in [1.54, 1.807) is 0 Å². The minimum absolute atomic E-state index is 0.0698. The van der Waals surface area contributed by atoms with Crippen molar-refractivity contribution in [3.05, 3.63) is 35.9 Å². The third-order valence-electron chi connectivity index (χ3n) is 2.43. The normalized spacial score (nSPS) is 9.84. The molecular weight excluding hydrogens is 240 g/mol. The van der Waals surface area contributed by atoms with Gasteiger partial charge in [0.05, 0.1) is 6.54 Å². The predicted molar refractivity (Wildman–Crippen MR) is 75.4 cm³/mol. The van der Waals surface area contributed by atoms with Crippen LogP contribution in [0, 0.1) is 12.3 Å². The van der Waals surface area contributed by atoms with Crippen molar-refractivity contribution in [2.24, 2.45) is 0 Å². The van der Waals surface area contributed by atoms with Crippen molar-refractivity contribution in [3.63, 3.8) is 0 Å². The van der Waals surface area contributed by atoms with Crippen LogP contribution in [0.4, 0.5) is 0 Å². The predicted octanol–water partition coefficient (Wildman–Crippen LogP) is 0.932. The molecule has 0 aliphatic heterocycles. The van der Waals surface area contributed by atoms with Crippen molar-refractivity contribution in [2.45, 2.75) is 13.0 Å². The second kappa shape index (κ2) is 10.1. The van der Waals surface area contributed by atoms with Crippen molar-refractivity contribution in [1.29, 1.82) is 0 Å². The van der Waals surface area contributed by atoms with E-state index in [1.165, 1.54) is 5.56 Å². The smallest absolute Gasteiger partial charge is 0.246 e. The summed E-state index contributed by atoms with van der Waals surface area (Å²) in [5, 5.41) is 5.86. The molecule has 0 radical (unpaired) electrons. The molecule has 1 aromatic rings. The van der Waals surface area contributed by atoms with Crippen molar-refractivity contribution < 1.29 is 9.53 Å². The highest BCUT2D eigenvalue weighted by atomic mass is 16.5. The number of terminal acetylenes is 1. The highest BCUT2D eigenvalue weighted by Gasteiger charge is 1.98. The van der Waals surface area contributed by atoms with Gasteiger partial charge in [-0.3, -0.25) is 4.79 Å². The average Bonchev–Trinajstić information content (AvgIpc) is 2.45. The Hall–Kier alpha value is -1.83. The number of carbonyl (C=O) groups excluding carboxylic acids is 1. The summed E-state index contributed by atoms with van der Waals surface area (Å²) in [6, 6.07) is 10.2. The molecule has 4 nitrogen and oxygen atoms in total. The van der Waals surface area contributed by atoms with Crippen LogP contribution in [0.2, 0.25) is 0 Å². The molecular formula is C15H20N2O2. The molecule has 102 valence electrons. The van der Waals surface area contributed by atoms with Crippen LogP contribution in [-0.4, -0.2) is 32.2 Å². The lowest BCUT2D eigenvalue weighted by Crippen LogP contribution is -2.28. The number of hydrogen-bond donors (Lipinski definition) is 2. The Morgan fingerprint density at radius 2 is 2.11 bits per heavy atom. The topological polar surface area (TPSA) is 50.4 Å². The van der Waals surface area contributed by atoms with Crippen molar-refractivity contribution >= 4 is 5.91 Å². The summed E-state index contributed by atoms with van der Waals surface area (Å²) in [5.41, 5.74) is 1.26. The third-order valence-corrected chi connectivity index (χ3v) is 2.43. The Kier molecular flexibility index (Phi) is 8.12. The van der Waals surface area contributed by atoms with Gasteiger partial charge in [-0.25, -0.2) is 0 Å². The number of benzene rings is 1. The average molecular weight is 260 g/mol. The fraction of sp³-hybridized carbons (Fsp3) is 0.400. The first kappa shape index (κ1) is 15.2. The zero-order chi connectivity index (χ0) is 13.8. The summed E-state index contributed by atoms with van der Waals surface area (Å²) in [4.78, 5) is 11.1. The summed E-state index contributed by atoms with van der Waals surface area (Å²) in [6.45, 7) is 2.59. The first-order valence-electron chi connectivity index (χ1n) is 6.35. The SMILES string of the molecule is C#CCNC(=O)COCCCNCc1ccccc1. The molecule has 0 saturated carbocycles. The van der Waals surface area contributed by atoms with Crippen molar-refractivity contribution in [3.8, 4) is 12.3 Å². The van der Waals surface area contributed by atoms with Crippen LogP contribution < -0.4 is 10.6 Å². The second-order valence-electron chi connectivity index (χ2n) is 4.05. The molecule has 0 heterocycles. The number of nitrogens with one attached hydrogen (secondary N) is 2. The Bertz CT molecular complexity index is 398. The van der Waals surface area contributed by atoms with Crippen LogP contribution in [0.1, 0.15) is 12.0 Å². The maximum Gasteiger partial charge on any atom is 0.246 e. The Morgan fingerprint density at radius 1 is 1.32 bits per heavy atom. The van der Waals surface area contributed by atoms with Gasteiger partial charge >= 0.3 is 0 Å². The van der Waals surface area contributed by atoms with Gasteiger partial charge in [0.25, 0.3) is 0 Å². The Balaban J connectivity index is 1.92.